The minimum atomic E-state index is -0.121. The molecule has 5 heteroatoms. The molecule has 0 spiro atoms. The second-order valence-electron chi connectivity index (χ2n) is 7.98. The van der Waals surface area contributed by atoms with Crippen LogP contribution in [0, 0.1) is 12.8 Å². The molecular weight excluding hydrogens is 372 g/mol. The lowest BCUT2D eigenvalue weighted by Crippen LogP contribution is -2.43. The molecule has 0 bridgehead atoms. The van der Waals surface area contributed by atoms with Gasteiger partial charge in [0.15, 0.2) is 0 Å². The first-order valence-corrected chi connectivity index (χ1v) is 10.6. The van der Waals surface area contributed by atoms with Crippen molar-refractivity contribution < 1.29 is 4.79 Å². The van der Waals surface area contributed by atoms with Crippen LogP contribution in [0.2, 0.25) is 0 Å². The molecule has 0 unspecified atom stereocenters. The van der Waals surface area contributed by atoms with E-state index in [4.69, 9.17) is 0 Å². The van der Waals surface area contributed by atoms with Crippen molar-refractivity contribution in [3.63, 3.8) is 0 Å². The molecule has 1 aliphatic rings. The van der Waals surface area contributed by atoms with Gasteiger partial charge in [0.1, 0.15) is 0 Å². The number of hydrogen-bond donors (Lipinski definition) is 1. The van der Waals surface area contributed by atoms with Gasteiger partial charge in [-0.3, -0.25) is 19.7 Å². The Bertz CT molecular complexity index is 961. The van der Waals surface area contributed by atoms with E-state index >= 15 is 0 Å². The largest absolute Gasteiger partial charge is 0.343 e. The molecule has 30 heavy (non-hydrogen) atoms. The maximum absolute atomic E-state index is 13.1. The minimum absolute atomic E-state index is 0.0365. The van der Waals surface area contributed by atoms with Crippen LogP contribution in [0.4, 0.5) is 0 Å². The van der Waals surface area contributed by atoms with Crippen LogP contribution < -0.4 is 5.32 Å². The highest BCUT2D eigenvalue weighted by atomic mass is 16.1. The number of benzene rings is 1. The fourth-order valence-electron chi connectivity index (χ4n) is 4.27. The number of carbonyl (C=O) groups excluding carboxylic acids is 1. The molecule has 2 aromatic heterocycles. The second kappa shape index (κ2) is 9.63. The van der Waals surface area contributed by atoms with Gasteiger partial charge >= 0.3 is 0 Å². The third-order valence-electron chi connectivity index (χ3n) is 5.81. The lowest BCUT2D eigenvalue weighted by Gasteiger charge is -2.37. The Morgan fingerprint density at radius 3 is 2.57 bits per heavy atom. The number of piperidine rings is 1. The van der Waals surface area contributed by atoms with E-state index in [1.165, 1.54) is 0 Å². The average Bonchev–Trinajstić information content (AvgIpc) is 2.79. The summed E-state index contributed by atoms with van der Waals surface area (Å²) in [5.74, 6) is 0.260. The molecule has 0 radical (unpaired) electrons. The number of amides is 1. The first kappa shape index (κ1) is 20.2. The molecular formula is C25H28N4O. The fourth-order valence-corrected chi connectivity index (χ4v) is 4.27. The molecule has 0 aliphatic carbocycles. The van der Waals surface area contributed by atoms with Crippen molar-refractivity contribution in [3.05, 3.63) is 95.6 Å². The number of nitrogens with one attached hydrogen (secondary N) is 1. The van der Waals surface area contributed by atoms with E-state index < -0.39 is 0 Å². The molecule has 1 N–H and O–H groups in total. The minimum Gasteiger partial charge on any atom is -0.343 e. The predicted octanol–water partition coefficient (Wildman–Crippen LogP) is 4.17. The maximum Gasteiger partial charge on any atom is 0.252 e. The summed E-state index contributed by atoms with van der Waals surface area (Å²) in [7, 11) is 0. The molecule has 1 aliphatic heterocycles. The first-order chi connectivity index (χ1) is 14.7. The Morgan fingerprint density at radius 1 is 1.07 bits per heavy atom. The number of hydrogen-bond acceptors (Lipinski definition) is 4. The number of aromatic nitrogens is 2. The topological polar surface area (TPSA) is 58.1 Å². The van der Waals surface area contributed by atoms with E-state index in [-0.39, 0.29) is 11.9 Å². The SMILES string of the molecule is Cc1ccccc1C(=O)N[C@H](c1ccccn1)[C@H]1CCCN(Cc2ccccn2)C1. The van der Waals surface area contributed by atoms with Gasteiger partial charge in [-0.05, 0) is 68.1 Å². The summed E-state index contributed by atoms with van der Waals surface area (Å²) >= 11 is 0. The highest BCUT2D eigenvalue weighted by Crippen LogP contribution is 2.30. The second-order valence-corrected chi connectivity index (χ2v) is 7.98. The Balaban J connectivity index is 1.53. The Kier molecular flexibility index (Phi) is 6.50. The van der Waals surface area contributed by atoms with Crippen molar-refractivity contribution in [1.82, 2.24) is 20.2 Å². The maximum atomic E-state index is 13.1. The van der Waals surface area contributed by atoms with Gasteiger partial charge in [0, 0.05) is 31.0 Å². The first-order valence-electron chi connectivity index (χ1n) is 10.6. The number of likely N-dealkylation sites (tertiary alicyclic amines) is 1. The number of carbonyl (C=O) groups is 1. The van der Waals surface area contributed by atoms with Crippen molar-refractivity contribution in [2.45, 2.75) is 32.4 Å². The number of nitrogens with zero attached hydrogens (tertiary/aromatic N) is 3. The van der Waals surface area contributed by atoms with Crippen molar-refractivity contribution in [3.8, 4) is 0 Å². The molecule has 3 heterocycles. The van der Waals surface area contributed by atoms with Crippen LogP contribution in [0.3, 0.4) is 0 Å². The molecule has 2 atom stereocenters. The highest BCUT2D eigenvalue weighted by molar-refractivity contribution is 5.95. The Hall–Kier alpha value is -3.05. The van der Waals surface area contributed by atoms with E-state index in [0.717, 1.165) is 55.0 Å². The predicted molar refractivity (Wildman–Crippen MR) is 118 cm³/mol. The molecule has 4 rings (SSSR count). The van der Waals surface area contributed by atoms with Gasteiger partial charge in [-0.2, -0.15) is 0 Å². The zero-order valence-corrected chi connectivity index (χ0v) is 17.4. The smallest absolute Gasteiger partial charge is 0.252 e. The summed E-state index contributed by atoms with van der Waals surface area (Å²) in [6.45, 7) is 4.76. The molecule has 154 valence electrons. The molecule has 0 saturated carbocycles. The van der Waals surface area contributed by atoms with Gasteiger partial charge in [0.2, 0.25) is 0 Å². The quantitative estimate of drug-likeness (QED) is 0.675. The lowest BCUT2D eigenvalue weighted by molar-refractivity contribution is 0.0873. The molecule has 5 nitrogen and oxygen atoms in total. The third kappa shape index (κ3) is 4.92. The molecule has 1 aromatic carbocycles. The number of rotatable bonds is 6. The summed E-state index contributed by atoms with van der Waals surface area (Å²) < 4.78 is 0. The Morgan fingerprint density at radius 2 is 1.83 bits per heavy atom. The lowest BCUT2D eigenvalue weighted by atomic mass is 9.88. The van der Waals surface area contributed by atoms with E-state index in [2.05, 4.69) is 26.3 Å². The van der Waals surface area contributed by atoms with Gasteiger partial charge in [0.05, 0.1) is 17.4 Å². The van der Waals surface area contributed by atoms with Gasteiger partial charge in [-0.15, -0.1) is 0 Å². The van der Waals surface area contributed by atoms with Crippen LogP contribution in [0.1, 0.15) is 46.2 Å². The van der Waals surface area contributed by atoms with E-state index in [0.29, 0.717) is 5.92 Å². The van der Waals surface area contributed by atoms with E-state index in [1.807, 2.05) is 67.7 Å². The fraction of sp³-hybridized carbons (Fsp3) is 0.320. The van der Waals surface area contributed by atoms with Crippen LogP contribution in [0.15, 0.2) is 73.1 Å². The Labute approximate surface area is 178 Å². The van der Waals surface area contributed by atoms with Crippen molar-refractivity contribution in [2.24, 2.45) is 5.92 Å². The number of pyridine rings is 2. The molecule has 1 saturated heterocycles. The summed E-state index contributed by atoms with van der Waals surface area (Å²) in [4.78, 5) is 24.6. The van der Waals surface area contributed by atoms with Crippen molar-refractivity contribution in [1.29, 1.82) is 0 Å². The van der Waals surface area contributed by atoms with Crippen LogP contribution in [-0.4, -0.2) is 33.9 Å². The van der Waals surface area contributed by atoms with Gasteiger partial charge in [-0.25, -0.2) is 0 Å². The zero-order chi connectivity index (χ0) is 20.8. The van der Waals surface area contributed by atoms with Gasteiger partial charge in [-0.1, -0.05) is 30.3 Å². The third-order valence-corrected chi connectivity index (χ3v) is 5.81. The normalized spacial score (nSPS) is 18.0. The van der Waals surface area contributed by atoms with Crippen LogP contribution in [0.25, 0.3) is 0 Å². The number of aryl methyl sites for hydroxylation is 1. The summed E-state index contributed by atoms with van der Waals surface area (Å²) in [5, 5.41) is 3.30. The average molecular weight is 401 g/mol. The standard InChI is InChI=1S/C25H28N4O/c1-19-9-2-3-12-22(19)25(30)28-24(23-13-5-7-15-27-23)20-10-8-16-29(17-20)18-21-11-4-6-14-26-21/h2-7,9,11-15,20,24H,8,10,16-18H2,1H3,(H,28,30)/t20-,24-/m0/s1. The van der Waals surface area contributed by atoms with Gasteiger partial charge < -0.3 is 5.32 Å². The van der Waals surface area contributed by atoms with Crippen molar-refractivity contribution >= 4 is 5.91 Å². The monoisotopic (exact) mass is 400 g/mol. The molecule has 1 fully saturated rings. The van der Waals surface area contributed by atoms with Crippen LogP contribution in [-0.2, 0) is 6.54 Å². The van der Waals surface area contributed by atoms with Gasteiger partial charge in [0.25, 0.3) is 5.91 Å². The summed E-state index contributed by atoms with van der Waals surface area (Å²) in [6, 6.07) is 19.6. The highest BCUT2D eigenvalue weighted by Gasteiger charge is 2.31. The van der Waals surface area contributed by atoms with E-state index in [9.17, 15) is 4.79 Å². The van der Waals surface area contributed by atoms with Crippen LogP contribution in [0.5, 0.6) is 0 Å². The van der Waals surface area contributed by atoms with Crippen LogP contribution >= 0.6 is 0 Å². The van der Waals surface area contributed by atoms with Crippen molar-refractivity contribution in [2.75, 3.05) is 13.1 Å². The van der Waals surface area contributed by atoms with E-state index in [1.54, 1.807) is 6.20 Å². The summed E-state index contributed by atoms with van der Waals surface area (Å²) in [5.41, 5.74) is 3.70. The molecule has 1 amide bonds. The molecule has 3 aromatic rings. The zero-order valence-electron chi connectivity index (χ0n) is 17.4. The summed E-state index contributed by atoms with van der Waals surface area (Å²) in [6.07, 6.45) is 5.81.